The maximum absolute atomic E-state index is 10.9. The van der Waals surface area contributed by atoms with Gasteiger partial charge >= 0.3 is 0 Å². The number of carbonyl (C=O) groups is 1. The average Bonchev–Trinajstić information content (AvgIpc) is 1.98. The van der Waals surface area contributed by atoms with Gasteiger partial charge < -0.3 is 5.73 Å². The van der Waals surface area contributed by atoms with Crippen LogP contribution >= 0.6 is 11.8 Å². The third-order valence-electron chi connectivity index (χ3n) is 2.01. The van der Waals surface area contributed by atoms with Gasteiger partial charge in [-0.2, -0.15) is 0 Å². The zero-order valence-electron chi connectivity index (χ0n) is 8.33. The van der Waals surface area contributed by atoms with E-state index in [9.17, 15) is 4.79 Å². The van der Waals surface area contributed by atoms with E-state index < -0.39 is 0 Å². The Balaban J connectivity index is 3.94. The molecule has 72 valence electrons. The summed E-state index contributed by atoms with van der Waals surface area (Å²) in [7, 11) is 0. The first-order chi connectivity index (χ1) is 5.49. The zero-order chi connectivity index (χ0) is 9.72. The third kappa shape index (κ3) is 4.00. The van der Waals surface area contributed by atoms with Gasteiger partial charge in [0, 0.05) is 5.25 Å². The summed E-state index contributed by atoms with van der Waals surface area (Å²) in [6.07, 6.45) is 0.830. The number of carbonyl (C=O) groups excluding carboxylic acids is 1. The number of thioether (sulfide) groups is 1. The molecule has 0 aliphatic heterocycles. The van der Waals surface area contributed by atoms with Crippen LogP contribution in [0.25, 0.3) is 0 Å². The van der Waals surface area contributed by atoms with Gasteiger partial charge in [0.1, 0.15) is 0 Å². The zero-order valence-corrected chi connectivity index (χ0v) is 9.15. The van der Waals surface area contributed by atoms with E-state index in [1.54, 1.807) is 11.8 Å². The second-order valence-corrected chi connectivity index (χ2v) is 4.97. The van der Waals surface area contributed by atoms with Crippen molar-refractivity contribution in [3.05, 3.63) is 0 Å². The summed E-state index contributed by atoms with van der Waals surface area (Å²) in [6, 6.07) is 0. The fourth-order valence-corrected chi connectivity index (χ4v) is 1.94. The second kappa shape index (κ2) is 5.46. The Morgan fingerprint density at radius 1 is 1.42 bits per heavy atom. The van der Waals surface area contributed by atoms with Crippen LogP contribution in [0.5, 0.6) is 0 Å². The summed E-state index contributed by atoms with van der Waals surface area (Å²) < 4.78 is 0. The minimum atomic E-state index is -0.185. The quantitative estimate of drug-likeness (QED) is 0.719. The standard InChI is InChI=1S/C9H19NOS/c1-5-8(9(10)11)12-7(4)6(2)3/h6-8H,5H2,1-4H3,(H2,10,11). The van der Waals surface area contributed by atoms with Crippen molar-refractivity contribution in [2.24, 2.45) is 11.7 Å². The molecule has 3 heteroatoms. The fraction of sp³-hybridized carbons (Fsp3) is 0.889. The Labute approximate surface area is 79.3 Å². The summed E-state index contributed by atoms with van der Waals surface area (Å²) in [6.45, 7) is 8.45. The maximum Gasteiger partial charge on any atom is 0.230 e. The first-order valence-corrected chi connectivity index (χ1v) is 5.38. The molecule has 0 aliphatic carbocycles. The van der Waals surface area contributed by atoms with Gasteiger partial charge in [-0.25, -0.2) is 0 Å². The van der Waals surface area contributed by atoms with E-state index >= 15 is 0 Å². The number of amides is 1. The van der Waals surface area contributed by atoms with E-state index in [1.165, 1.54) is 0 Å². The molecule has 0 fully saturated rings. The summed E-state index contributed by atoms with van der Waals surface area (Å²) in [4.78, 5) is 10.9. The molecule has 1 amide bonds. The van der Waals surface area contributed by atoms with Crippen molar-refractivity contribution in [1.29, 1.82) is 0 Å². The lowest BCUT2D eigenvalue weighted by atomic mass is 10.2. The highest BCUT2D eigenvalue weighted by molar-refractivity contribution is 8.01. The fourth-order valence-electron chi connectivity index (χ4n) is 0.781. The lowest BCUT2D eigenvalue weighted by molar-refractivity contribution is -0.117. The SMILES string of the molecule is CCC(SC(C)C(C)C)C(N)=O. The molecule has 0 aliphatic rings. The Bertz CT molecular complexity index is 147. The van der Waals surface area contributed by atoms with Crippen molar-refractivity contribution < 1.29 is 4.79 Å². The van der Waals surface area contributed by atoms with Gasteiger partial charge in [0.25, 0.3) is 0 Å². The van der Waals surface area contributed by atoms with E-state index in [1.807, 2.05) is 6.92 Å². The number of rotatable bonds is 5. The Kier molecular flexibility index (Phi) is 5.38. The third-order valence-corrected chi connectivity index (χ3v) is 3.87. The number of primary amides is 1. The van der Waals surface area contributed by atoms with Crippen LogP contribution < -0.4 is 5.73 Å². The number of hydrogen-bond acceptors (Lipinski definition) is 2. The smallest absolute Gasteiger partial charge is 0.230 e. The lowest BCUT2D eigenvalue weighted by Gasteiger charge is -2.19. The molecule has 0 rings (SSSR count). The van der Waals surface area contributed by atoms with Crippen LogP contribution in [0.1, 0.15) is 34.1 Å². The molecule has 2 atom stereocenters. The molecule has 2 unspecified atom stereocenters. The molecule has 0 radical (unpaired) electrons. The van der Waals surface area contributed by atoms with E-state index in [4.69, 9.17) is 5.73 Å². The van der Waals surface area contributed by atoms with Crippen molar-refractivity contribution in [2.45, 2.75) is 44.6 Å². The van der Waals surface area contributed by atoms with Gasteiger partial charge in [0.05, 0.1) is 5.25 Å². The first-order valence-electron chi connectivity index (χ1n) is 4.43. The molecule has 0 bridgehead atoms. The molecule has 0 spiro atoms. The predicted molar refractivity (Wildman–Crippen MR) is 55.2 cm³/mol. The molecule has 0 aromatic carbocycles. The van der Waals surface area contributed by atoms with Gasteiger partial charge in [0.2, 0.25) is 5.91 Å². The number of hydrogen-bond donors (Lipinski definition) is 1. The van der Waals surface area contributed by atoms with Crippen molar-refractivity contribution in [3.63, 3.8) is 0 Å². The highest BCUT2D eigenvalue weighted by Crippen LogP contribution is 2.25. The van der Waals surface area contributed by atoms with Crippen LogP contribution in [0.4, 0.5) is 0 Å². The lowest BCUT2D eigenvalue weighted by Crippen LogP contribution is -2.27. The molecule has 0 aromatic rings. The van der Waals surface area contributed by atoms with Gasteiger partial charge in [0.15, 0.2) is 0 Å². The van der Waals surface area contributed by atoms with Crippen LogP contribution in [0, 0.1) is 5.92 Å². The first kappa shape index (κ1) is 11.8. The highest BCUT2D eigenvalue weighted by atomic mass is 32.2. The molecule has 0 aromatic heterocycles. The maximum atomic E-state index is 10.9. The largest absolute Gasteiger partial charge is 0.369 e. The summed E-state index contributed by atoms with van der Waals surface area (Å²) in [5.41, 5.74) is 5.24. The van der Waals surface area contributed by atoms with Crippen LogP contribution in [-0.4, -0.2) is 16.4 Å². The van der Waals surface area contributed by atoms with Gasteiger partial charge in [-0.1, -0.05) is 27.7 Å². The van der Waals surface area contributed by atoms with E-state index in [0.717, 1.165) is 6.42 Å². The van der Waals surface area contributed by atoms with Crippen molar-refractivity contribution >= 4 is 17.7 Å². The van der Waals surface area contributed by atoms with Crippen molar-refractivity contribution in [1.82, 2.24) is 0 Å². The minimum absolute atomic E-state index is 0.0117. The predicted octanol–water partition coefficient (Wildman–Crippen LogP) is 2.03. The van der Waals surface area contributed by atoms with Crippen LogP contribution in [0.3, 0.4) is 0 Å². The highest BCUT2D eigenvalue weighted by Gasteiger charge is 2.18. The Morgan fingerprint density at radius 3 is 2.17 bits per heavy atom. The van der Waals surface area contributed by atoms with Crippen molar-refractivity contribution in [3.8, 4) is 0 Å². The summed E-state index contributed by atoms with van der Waals surface area (Å²) in [5.74, 6) is 0.415. The summed E-state index contributed by atoms with van der Waals surface area (Å²) >= 11 is 1.69. The molecule has 12 heavy (non-hydrogen) atoms. The monoisotopic (exact) mass is 189 g/mol. The molecule has 0 saturated heterocycles. The second-order valence-electron chi connectivity index (χ2n) is 3.38. The van der Waals surface area contributed by atoms with E-state index in [0.29, 0.717) is 11.2 Å². The van der Waals surface area contributed by atoms with Crippen LogP contribution in [0.2, 0.25) is 0 Å². The summed E-state index contributed by atoms with van der Waals surface area (Å²) in [5, 5.41) is 0.491. The molecule has 2 nitrogen and oxygen atoms in total. The average molecular weight is 189 g/mol. The van der Waals surface area contributed by atoms with Gasteiger partial charge in [-0.15, -0.1) is 11.8 Å². The van der Waals surface area contributed by atoms with E-state index in [2.05, 4.69) is 20.8 Å². The number of nitrogens with two attached hydrogens (primary N) is 1. The molecule has 0 saturated carbocycles. The molecular formula is C9H19NOS. The van der Waals surface area contributed by atoms with Crippen molar-refractivity contribution in [2.75, 3.05) is 0 Å². The van der Waals surface area contributed by atoms with E-state index in [-0.39, 0.29) is 11.2 Å². The van der Waals surface area contributed by atoms with Crippen LogP contribution in [-0.2, 0) is 4.79 Å². The Morgan fingerprint density at radius 2 is 1.92 bits per heavy atom. The van der Waals surface area contributed by atoms with Gasteiger partial charge in [-0.05, 0) is 12.3 Å². The minimum Gasteiger partial charge on any atom is -0.369 e. The normalized spacial score (nSPS) is 16.1. The Hall–Kier alpha value is -0.180. The van der Waals surface area contributed by atoms with Gasteiger partial charge in [-0.3, -0.25) is 4.79 Å². The topological polar surface area (TPSA) is 43.1 Å². The molecule has 2 N–H and O–H groups in total. The molecular weight excluding hydrogens is 170 g/mol. The van der Waals surface area contributed by atoms with Crippen LogP contribution in [0.15, 0.2) is 0 Å². The molecule has 0 heterocycles.